The van der Waals surface area contributed by atoms with Gasteiger partial charge in [-0.3, -0.25) is 0 Å². The van der Waals surface area contributed by atoms with Crippen LogP contribution in [0.15, 0.2) is 0 Å². The summed E-state index contributed by atoms with van der Waals surface area (Å²) in [6.07, 6.45) is 2.60. The summed E-state index contributed by atoms with van der Waals surface area (Å²) in [6, 6.07) is 0.666. The first-order chi connectivity index (χ1) is 5.11. The fraction of sp³-hybridized carbons (Fsp3) is 1.00. The van der Waals surface area contributed by atoms with Crippen molar-refractivity contribution in [2.45, 2.75) is 46.6 Å². The highest BCUT2D eigenvalue weighted by atomic mass is 14.8. The molecule has 0 aliphatic heterocycles. The molecule has 0 aromatic carbocycles. The standard InChI is InChI=1S/C10H23N/c1-6-8(2)9(3)7-10(4)11-5/h8-11H,6-7H2,1-5H3/t8-,9+,10?/m1/s1. The molecule has 0 aromatic rings. The quantitative estimate of drug-likeness (QED) is 0.647. The van der Waals surface area contributed by atoms with E-state index in [1.807, 2.05) is 7.05 Å². The van der Waals surface area contributed by atoms with E-state index in [2.05, 4.69) is 33.0 Å². The summed E-state index contributed by atoms with van der Waals surface area (Å²) in [5.41, 5.74) is 0. The molecular weight excluding hydrogens is 134 g/mol. The Hall–Kier alpha value is -0.0400. The molecule has 1 heteroatoms. The van der Waals surface area contributed by atoms with Crippen LogP contribution in [0, 0.1) is 11.8 Å². The molecule has 0 saturated heterocycles. The van der Waals surface area contributed by atoms with Gasteiger partial charge < -0.3 is 5.32 Å². The minimum Gasteiger partial charge on any atom is -0.317 e. The van der Waals surface area contributed by atoms with Crippen molar-refractivity contribution in [3.05, 3.63) is 0 Å². The average molecular weight is 157 g/mol. The third-order valence-corrected chi connectivity index (χ3v) is 2.83. The van der Waals surface area contributed by atoms with Gasteiger partial charge in [-0.2, -0.15) is 0 Å². The molecule has 1 N–H and O–H groups in total. The van der Waals surface area contributed by atoms with Crippen LogP contribution in [0.4, 0.5) is 0 Å². The summed E-state index contributed by atoms with van der Waals surface area (Å²) in [5.74, 6) is 1.72. The van der Waals surface area contributed by atoms with Crippen LogP contribution in [-0.4, -0.2) is 13.1 Å². The Balaban J connectivity index is 3.58. The largest absolute Gasteiger partial charge is 0.317 e. The lowest BCUT2D eigenvalue weighted by Gasteiger charge is -2.21. The van der Waals surface area contributed by atoms with Gasteiger partial charge in [0.15, 0.2) is 0 Å². The molecule has 0 spiro atoms. The van der Waals surface area contributed by atoms with Gasteiger partial charge in [-0.25, -0.2) is 0 Å². The van der Waals surface area contributed by atoms with E-state index in [1.54, 1.807) is 0 Å². The summed E-state index contributed by atoms with van der Waals surface area (Å²) >= 11 is 0. The van der Waals surface area contributed by atoms with Gasteiger partial charge in [0, 0.05) is 6.04 Å². The minimum atomic E-state index is 0.666. The molecule has 1 unspecified atom stereocenters. The van der Waals surface area contributed by atoms with Crippen molar-refractivity contribution < 1.29 is 0 Å². The molecule has 0 aliphatic rings. The Labute approximate surface area is 71.6 Å². The average Bonchev–Trinajstić information content (AvgIpc) is 2.02. The topological polar surface area (TPSA) is 12.0 Å². The van der Waals surface area contributed by atoms with Crippen molar-refractivity contribution in [2.75, 3.05) is 7.05 Å². The zero-order valence-electron chi connectivity index (χ0n) is 8.65. The van der Waals surface area contributed by atoms with Gasteiger partial charge in [-0.15, -0.1) is 0 Å². The van der Waals surface area contributed by atoms with Gasteiger partial charge in [-0.05, 0) is 32.2 Å². The Morgan fingerprint density at radius 2 is 1.64 bits per heavy atom. The van der Waals surface area contributed by atoms with E-state index in [1.165, 1.54) is 12.8 Å². The summed E-state index contributed by atoms with van der Waals surface area (Å²) in [7, 11) is 2.04. The molecule has 11 heavy (non-hydrogen) atoms. The third kappa shape index (κ3) is 4.41. The SMILES string of the molecule is CC[C@@H](C)[C@@H](C)CC(C)NC. The van der Waals surface area contributed by atoms with Gasteiger partial charge in [0.1, 0.15) is 0 Å². The molecule has 0 radical (unpaired) electrons. The van der Waals surface area contributed by atoms with Crippen molar-refractivity contribution in [2.24, 2.45) is 11.8 Å². The Kier molecular flexibility index (Phi) is 5.57. The molecule has 0 saturated carbocycles. The van der Waals surface area contributed by atoms with E-state index < -0.39 is 0 Å². The normalized spacial score (nSPS) is 19.4. The number of nitrogens with one attached hydrogen (secondary N) is 1. The van der Waals surface area contributed by atoms with Crippen LogP contribution in [0.3, 0.4) is 0 Å². The molecule has 1 nitrogen and oxygen atoms in total. The maximum atomic E-state index is 3.27. The zero-order chi connectivity index (χ0) is 8.85. The first kappa shape index (κ1) is 11.0. The second-order valence-corrected chi connectivity index (χ2v) is 3.79. The van der Waals surface area contributed by atoms with Crippen molar-refractivity contribution in [3.63, 3.8) is 0 Å². The van der Waals surface area contributed by atoms with E-state index in [0.29, 0.717) is 6.04 Å². The maximum Gasteiger partial charge on any atom is 0.00383 e. The molecule has 68 valence electrons. The predicted octanol–water partition coefficient (Wildman–Crippen LogP) is 2.67. The van der Waals surface area contributed by atoms with E-state index in [9.17, 15) is 0 Å². The molecule has 0 aromatic heterocycles. The monoisotopic (exact) mass is 157 g/mol. The van der Waals surface area contributed by atoms with Crippen LogP contribution in [0.1, 0.15) is 40.5 Å². The van der Waals surface area contributed by atoms with Gasteiger partial charge >= 0.3 is 0 Å². The lowest BCUT2D eigenvalue weighted by molar-refractivity contribution is 0.322. The summed E-state index contributed by atoms with van der Waals surface area (Å²) in [6.45, 7) is 9.21. The van der Waals surface area contributed by atoms with Crippen LogP contribution in [-0.2, 0) is 0 Å². The summed E-state index contributed by atoms with van der Waals surface area (Å²) in [5, 5.41) is 3.27. The van der Waals surface area contributed by atoms with Crippen molar-refractivity contribution in [3.8, 4) is 0 Å². The highest BCUT2D eigenvalue weighted by molar-refractivity contribution is 4.66. The minimum absolute atomic E-state index is 0.666. The Morgan fingerprint density at radius 3 is 2.00 bits per heavy atom. The molecular formula is C10H23N. The van der Waals surface area contributed by atoms with Crippen LogP contribution in [0.25, 0.3) is 0 Å². The summed E-state index contributed by atoms with van der Waals surface area (Å²) < 4.78 is 0. The smallest absolute Gasteiger partial charge is 0.00383 e. The molecule has 3 atom stereocenters. The number of hydrogen-bond donors (Lipinski definition) is 1. The van der Waals surface area contributed by atoms with Crippen LogP contribution < -0.4 is 5.32 Å². The van der Waals surface area contributed by atoms with Gasteiger partial charge in [0.05, 0.1) is 0 Å². The molecule has 0 heterocycles. The highest BCUT2D eigenvalue weighted by Crippen LogP contribution is 2.19. The number of rotatable bonds is 5. The first-order valence-electron chi connectivity index (χ1n) is 4.79. The zero-order valence-corrected chi connectivity index (χ0v) is 8.65. The first-order valence-corrected chi connectivity index (χ1v) is 4.79. The maximum absolute atomic E-state index is 3.27. The van der Waals surface area contributed by atoms with Crippen LogP contribution in [0.5, 0.6) is 0 Å². The molecule has 0 aliphatic carbocycles. The number of hydrogen-bond acceptors (Lipinski definition) is 1. The second kappa shape index (κ2) is 5.59. The van der Waals surface area contributed by atoms with Crippen LogP contribution >= 0.6 is 0 Å². The third-order valence-electron chi connectivity index (χ3n) is 2.83. The molecule has 0 rings (SSSR count). The highest BCUT2D eigenvalue weighted by Gasteiger charge is 2.12. The van der Waals surface area contributed by atoms with E-state index in [-0.39, 0.29) is 0 Å². The fourth-order valence-corrected chi connectivity index (χ4v) is 1.31. The lowest BCUT2D eigenvalue weighted by Crippen LogP contribution is -2.25. The van der Waals surface area contributed by atoms with Crippen molar-refractivity contribution in [1.82, 2.24) is 5.32 Å². The van der Waals surface area contributed by atoms with E-state index in [0.717, 1.165) is 11.8 Å². The Bertz CT molecular complexity index is 90.9. The summed E-state index contributed by atoms with van der Waals surface area (Å²) in [4.78, 5) is 0. The van der Waals surface area contributed by atoms with Crippen molar-refractivity contribution >= 4 is 0 Å². The second-order valence-electron chi connectivity index (χ2n) is 3.79. The van der Waals surface area contributed by atoms with Gasteiger partial charge in [-0.1, -0.05) is 27.2 Å². The van der Waals surface area contributed by atoms with E-state index in [4.69, 9.17) is 0 Å². The van der Waals surface area contributed by atoms with Crippen LogP contribution in [0.2, 0.25) is 0 Å². The van der Waals surface area contributed by atoms with Gasteiger partial charge in [0.25, 0.3) is 0 Å². The fourth-order valence-electron chi connectivity index (χ4n) is 1.31. The predicted molar refractivity (Wildman–Crippen MR) is 51.8 cm³/mol. The van der Waals surface area contributed by atoms with E-state index >= 15 is 0 Å². The van der Waals surface area contributed by atoms with Gasteiger partial charge in [0.2, 0.25) is 0 Å². The molecule has 0 bridgehead atoms. The molecule has 0 amide bonds. The Morgan fingerprint density at radius 1 is 1.09 bits per heavy atom. The molecule has 0 fully saturated rings. The van der Waals surface area contributed by atoms with Crippen molar-refractivity contribution in [1.29, 1.82) is 0 Å². The lowest BCUT2D eigenvalue weighted by atomic mass is 9.88.